The lowest BCUT2D eigenvalue weighted by atomic mass is 9.90. The molecule has 0 aliphatic rings. The Morgan fingerprint density at radius 1 is 0.328 bits per heavy atom. The van der Waals surface area contributed by atoms with Crippen LogP contribution in [0, 0.1) is 13.8 Å². The third-order valence-corrected chi connectivity index (χ3v) is 12.8. The fraction of sp³-hybridized carbons (Fsp3) is 0.111. The maximum Gasteiger partial charge on any atom is 0.131 e. The smallest absolute Gasteiger partial charge is 0.131 e. The highest BCUT2D eigenvalue weighted by molar-refractivity contribution is 7.99. The van der Waals surface area contributed by atoms with E-state index in [-0.39, 0.29) is 0 Å². The van der Waals surface area contributed by atoms with Crippen LogP contribution in [0.2, 0.25) is 0 Å². The molecule has 8 aromatic rings. The molecule has 0 atom stereocenters. The summed E-state index contributed by atoms with van der Waals surface area (Å²) in [5.41, 5.74) is 14.2. The number of benzene rings is 8. The molecule has 2 N–H and O–H groups in total. The molecule has 0 fully saturated rings. The second kappa shape index (κ2) is 18.1. The minimum absolute atomic E-state index is 0.310. The van der Waals surface area contributed by atoms with Crippen LogP contribution < -0.4 is 0 Å². The monoisotopic (exact) mass is 790 g/mol. The van der Waals surface area contributed by atoms with E-state index in [1.165, 1.54) is 9.79 Å². The number of thioether (sulfide) groups is 2. The number of phenolic OH excluding ortho intramolecular Hbond substituents is 2. The van der Waals surface area contributed by atoms with Crippen LogP contribution in [0.25, 0.3) is 66.8 Å². The zero-order valence-electron chi connectivity index (χ0n) is 32.9. The van der Waals surface area contributed by atoms with E-state index < -0.39 is 0 Å². The summed E-state index contributed by atoms with van der Waals surface area (Å²) < 4.78 is 0. The zero-order valence-corrected chi connectivity index (χ0v) is 34.5. The van der Waals surface area contributed by atoms with Crippen LogP contribution in [0.3, 0.4) is 0 Å². The Kier molecular flexibility index (Phi) is 12.1. The van der Waals surface area contributed by atoms with Crippen LogP contribution in [-0.2, 0) is 0 Å². The van der Waals surface area contributed by atoms with Gasteiger partial charge >= 0.3 is 0 Å². The van der Waals surface area contributed by atoms with Crippen molar-refractivity contribution < 1.29 is 10.2 Å². The molecule has 0 spiro atoms. The highest BCUT2D eigenvalue weighted by Crippen LogP contribution is 2.47. The van der Waals surface area contributed by atoms with E-state index in [2.05, 4.69) is 172 Å². The Morgan fingerprint density at radius 2 is 0.621 bits per heavy atom. The molecule has 0 aliphatic carbocycles. The number of hydrogen-bond acceptors (Lipinski definition) is 4. The Hall–Kier alpha value is -5.94. The molecule has 58 heavy (non-hydrogen) atoms. The molecular weight excluding hydrogens is 745 g/mol. The highest BCUT2D eigenvalue weighted by Gasteiger charge is 2.19. The van der Waals surface area contributed by atoms with Crippen molar-refractivity contribution in [1.82, 2.24) is 0 Å². The third kappa shape index (κ3) is 8.50. The van der Waals surface area contributed by atoms with E-state index in [9.17, 15) is 10.2 Å². The zero-order chi connectivity index (χ0) is 39.8. The van der Waals surface area contributed by atoms with Gasteiger partial charge in [-0.3, -0.25) is 0 Å². The van der Waals surface area contributed by atoms with Crippen molar-refractivity contribution in [2.75, 3.05) is 11.5 Å². The van der Waals surface area contributed by atoms with Crippen LogP contribution in [0.5, 0.6) is 11.5 Å². The van der Waals surface area contributed by atoms with Gasteiger partial charge in [0, 0.05) is 32.0 Å². The van der Waals surface area contributed by atoms with E-state index >= 15 is 0 Å². The third-order valence-electron chi connectivity index (χ3n) is 10.5. The second-order valence-corrected chi connectivity index (χ2v) is 16.9. The molecule has 286 valence electrons. The van der Waals surface area contributed by atoms with Crippen molar-refractivity contribution in [3.8, 4) is 78.3 Å². The number of phenols is 2. The first-order valence-corrected chi connectivity index (χ1v) is 21.8. The minimum atomic E-state index is 0.310. The van der Waals surface area contributed by atoms with Crippen LogP contribution >= 0.6 is 23.5 Å². The van der Waals surface area contributed by atoms with Gasteiger partial charge in [-0.2, -0.15) is 0 Å². The van der Waals surface area contributed by atoms with Gasteiger partial charge in [0.25, 0.3) is 0 Å². The van der Waals surface area contributed by atoms with Gasteiger partial charge in [-0.05, 0) is 130 Å². The second-order valence-electron chi connectivity index (χ2n) is 14.6. The summed E-state index contributed by atoms with van der Waals surface area (Å²) in [7, 11) is 0. The van der Waals surface area contributed by atoms with Crippen molar-refractivity contribution >= 4 is 23.5 Å². The molecule has 8 aromatic carbocycles. The van der Waals surface area contributed by atoms with E-state index in [1.807, 2.05) is 47.8 Å². The Balaban J connectivity index is 0.964. The van der Waals surface area contributed by atoms with Crippen LogP contribution in [0.1, 0.15) is 24.0 Å². The molecule has 0 heterocycles. The topological polar surface area (TPSA) is 40.5 Å². The number of aryl methyl sites for hydroxylation is 2. The fourth-order valence-corrected chi connectivity index (χ4v) is 9.91. The van der Waals surface area contributed by atoms with Gasteiger partial charge in [0.05, 0.1) is 0 Å². The summed E-state index contributed by atoms with van der Waals surface area (Å²) in [6, 6.07) is 62.7. The molecule has 0 unspecified atom stereocenters. The Bertz CT molecular complexity index is 2480. The molecule has 8 rings (SSSR count). The normalized spacial score (nSPS) is 11.1. The molecule has 0 bridgehead atoms. The van der Waals surface area contributed by atoms with Gasteiger partial charge < -0.3 is 10.2 Å². The molecule has 0 amide bonds. The van der Waals surface area contributed by atoms with E-state index in [0.717, 1.165) is 102 Å². The van der Waals surface area contributed by atoms with Crippen molar-refractivity contribution in [3.63, 3.8) is 0 Å². The highest BCUT2D eigenvalue weighted by atomic mass is 32.2. The lowest BCUT2D eigenvalue weighted by Gasteiger charge is -2.17. The Morgan fingerprint density at radius 3 is 1.00 bits per heavy atom. The maximum absolute atomic E-state index is 11.9. The largest absolute Gasteiger partial charge is 0.507 e. The number of unbranched alkanes of at least 4 members (excludes halogenated alkanes) is 1. The van der Waals surface area contributed by atoms with Crippen molar-refractivity contribution in [3.05, 3.63) is 193 Å². The van der Waals surface area contributed by atoms with E-state index in [4.69, 9.17) is 0 Å². The number of hydrogen-bond donors (Lipinski definition) is 2. The van der Waals surface area contributed by atoms with Gasteiger partial charge in [0.2, 0.25) is 0 Å². The summed E-state index contributed by atoms with van der Waals surface area (Å²) in [6.45, 7) is 4.21. The Labute approximate surface area is 351 Å². The van der Waals surface area contributed by atoms with E-state index in [0.29, 0.717) is 11.5 Å². The SMILES string of the molecule is Cc1cc(-c2ccccc2SCCCCSc2ccccc2-c2cc(C)cc(-c3ccccc3-c3ccccc3)c2O)c(O)c(-c2ccccc2-c2ccccc2)c1. The lowest BCUT2D eigenvalue weighted by molar-refractivity contribution is 0.478. The maximum atomic E-state index is 11.9. The van der Waals surface area contributed by atoms with Crippen molar-refractivity contribution in [2.24, 2.45) is 0 Å². The molecule has 0 aromatic heterocycles. The van der Waals surface area contributed by atoms with Gasteiger partial charge in [-0.15, -0.1) is 23.5 Å². The van der Waals surface area contributed by atoms with Crippen molar-refractivity contribution in [1.29, 1.82) is 0 Å². The summed E-state index contributed by atoms with van der Waals surface area (Å²) in [5, 5.41) is 23.8. The molecule has 0 saturated heterocycles. The summed E-state index contributed by atoms with van der Waals surface area (Å²) in [5.74, 6) is 2.56. The predicted molar refractivity (Wildman–Crippen MR) is 249 cm³/mol. The lowest BCUT2D eigenvalue weighted by Crippen LogP contribution is -1.92. The average Bonchev–Trinajstić information content (AvgIpc) is 3.27. The number of aromatic hydroxyl groups is 2. The van der Waals surface area contributed by atoms with Gasteiger partial charge in [0.15, 0.2) is 0 Å². The van der Waals surface area contributed by atoms with Crippen LogP contribution in [0.4, 0.5) is 0 Å². The standard InChI is InChI=1S/C54H46O2S2/c1-37-33-47(43-25-11-9-23-41(43)39-19-5-3-6-20-39)53(55)49(35-37)45-27-13-15-29-51(45)57-31-17-18-32-58-52-30-16-14-28-46(52)50-36-38(2)34-48(54(50)56)44-26-12-10-24-42(44)40-21-7-4-8-22-40/h3-16,19-30,33-36,55-56H,17-18,31-32H2,1-2H3. The van der Waals surface area contributed by atoms with Crippen LogP contribution in [-0.4, -0.2) is 21.7 Å². The van der Waals surface area contributed by atoms with E-state index in [1.54, 1.807) is 0 Å². The summed E-state index contributed by atoms with van der Waals surface area (Å²) in [4.78, 5) is 2.34. The molecule has 0 saturated carbocycles. The number of rotatable bonds is 13. The first-order valence-electron chi connectivity index (χ1n) is 19.9. The molecular formula is C54H46O2S2. The minimum Gasteiger partial charge on any atom is -0.507 e. The van der Waals surface area contributed by atoms with Crippen molar-refractivity contribution in [2.45, 2.75) is 36.5 Å². The van der Waals surface area contributed by atoms with Gasteiger partial charge in [-0.25, -0.2) is 0 Å². The average molecular weight is 791 g/mol. The van der Waals surface area contributed by atoms with Gasteiger partial charge in [0.1, 0.15) is 11.5 Å². The molecule has 0 radical (unpaired) electrons. The predicted octanol–water partition coefficient (Wildman–Crippen LogP) is 15.4. The summed E-state index contributed by atoms with van der Waals surface area (Å²) in [6.07, 6.45) is 2.11. The fourth-order valence-electron chi connectivity index (χ4n) is 7.75. The quantitative estimate of drug-likeness (QED) is 0.0901. The first-order chi connectivity index (χ1) is 28.5. The van der Waals surface area contributed by atoms with Gasteiger partial charge in [-0.1, -0.05) is 146 Å². The summed E-state index contributed by atoms with van der Waals surface area (Å²) >= 11 is 3.71. The first kappa shape index (κ1) is 38.9. The molecule has 0 aliphatic heterocycles. The van der Waals surface area contributed by atoms with Crippen LogP contribution in [0.15, 0.2) is 192 Å². The molecule has 2 nitrogen and oxygen atoms in total. The molecule has 4 heteroatoms.